The van der Waals surface area contributed by atoms with Crippen LogP contribution in [0.4, 0.5) is 11.4 Å². The van der Waals surface area contributed by atoms with Gasteiger partial charge in [-0.25, -0.2) is 0 Å². The van der Waals surface area contributed by atoms with Crippen LogP contribution in [0.1, 0.15) is 19.3 Å². The van der Waals surface area contributed by atoms with Crippen LogP contribution in [0.3, 0.4) is 0 Å². The number of rotatable bonds is 6. The van der Waals surface area contributed by atoms with E-state index in [1.165, 1.54) is 20.0 Å². The molecule has 0 aromatic heterocycles. The number of benzene rings is 1. The molecule has 1 fully saturated rings. The topological polar surface area (TPSA) is 64.4 Å². The summed E-state index contributed by atoms with van der Waals surface area (Å²) >= 11 is 0. The highest BCUT2D eigenvalue weighted by atomic mass is 16.6. The molecule has 0 bridgehead atoms. The third kappa shape index (κ3) is 2.87. The van der Waals surface area contributed by atoms with E-state index in [0.29, 0.717) is 11.4 Å². The number of hydrogen-bond acceptors (Lipinski definition) is 4. The smallest absolute Gasteiger partial charge is 0.333 e. The first-order chi connectivity index (χ1) is 8.22. The lowest BCUT2D eigenvalue weighted by Gasteiger charge is -2.09. The maximum absolute atomic E-state index is 11.0. The summed E-state index contributed by atoms with van der Waals surface area (Å²) < 4.78 is 5.01. The van der Waals surface area contributed by atoms with Crippen molar-refractivity contribution in [2.45, 2.75) is 19.3 Å². The van der Waals surface area contributed by atoms with Gasteiger partial charge in [0.15, 0.2) is 5.75 Å². The Balaban J connectivity index is 2.09. The zero-order valence-electron chi connectivity index (χ0n) is 9.81. The molecule has 1 aliphatic carbocycles. The average Bonchev–Trinajstić information content (AvgIpc) is 3.12. The second-order valence-electron chi connectivity index (χ2n) is 4.27. The minimum Gasteiger partial charge on any atom is -0.490 e. The molecular weight excluding hydrogens is 220 g/mol. The van der Waals surface area contributed by atoms with E-state index >= 15 is 0 Å². The normalized spacial score (nSPS) is 14.4. The number of nitrogens with one attached hydrogen (secondary N) is 1. The summed E-state index contributed by atoms with van der Waals surface area (Å²) in [4.78, 5) is 10.6. The minimum absolute atomic E-state index is 0.0193. The lowest BCUT2D eigenvalue weighted by Crippen LogP contribution is -2.05. The number of methoxy groups -OCH3 is 1. The molecule has 0 radical (unpaired) electrons. The largest absolute Gasteiger partial charge is 0.490 e. The molecule has 1 aromatic rings. The van der Waals surface area contributed by atoms with Gasteiger partial charge in [0, 0.05) is 6.54 Å². The minimum atomic E-state index is -0.404. The van der Waals surface area contributed by atoms with Gasteiger partial charge >= 0.3 is 5.69 Å². The molecule has 17 heavy (non-hydrogen) atoms. The molecule has 0 atom stereocenters. The van der Waals surface area contributed by atoms with Gasteiger partial charge in [-0.2, -0.15) is 0 Å². The number of ether oxygens (including phenoxy) is 1. The molecule has 5 heteroatoms. The number of nitro benzene ring substituents is 1. The summed E-state index contributed by atoms with van der Waals surface area (Å²) in [7, 11) is 1.44. The van der Waals surface area contributed by atoms with Crippen molar-refractivity contribution in [3.8, 4) is 5.75 Å². The highest BCUT2D eigenvalue weighted by Crippen LogP contribution is 2.35. The number of anilines is 1. The third-order valence-electron chi connectivity index (χ3n) is 2.97. The first-order valence-electron chi connectivity index (χ1n) is 5.77. The molecule has 0 amide bonds. The van der Waals surface area contributed by atoms with Crippen LogP contribution in [0.25, 0.3) is 0 Å². The Labute approximate surface area is 99.9 Å². The summed E-state index contributed by atoms with van der Waals surface area (Å²) in [5.41, 5.74) is 0.556. The van der Waals surface area contributed by atoms with Gasteiger partial charge in [-0.3, -0.25) is 10.1 Å². The Hall–Kier alpha value is -1.78. The molecule has 0 saturated heterocycles. The number of nitro groups is 1. The van der Waals surface area contributed by atoms with Gasteiger partial charge in [0.2, 0.25) is 0 Å². The number of nitrogens with zero attached hydrogens (tertiary/aromatic N) is 1. The molecular formula is C12H16N2O3. The fourth-order valence-electron chi connectivity index (χ4n) is 1.84. The molecule has 1 saturated carbocycles. The predicted molar refractivity (Wildman–Crippen MR) is 65.5 cm³/mol. The van der Waals surface area contributed by atoms with Crippen LogP contribution < -0.4 is 10.1 Å². The molecule has 1 N–H and O–H groups in total. The second kappa shape index (κ2) is 5.03. The van der Waals surface area contributed by atoms with Crippen LogP contribution in [-0.4, -0.2) is 18.6 Å². The van der Waals surface area contributed by atoms with Crippen LogP contribution in [0.5, 0.6) is 5.75 Å². The molecule has 1 aromatic carbocycles. The van der Waals surface area contributed by atoms with Crippen molar-refractivity contribution in [2.24, 2.45) is 5.92 Å². The van der Waals surface area contributed by atoms with E-state index in [2.05, 4.69) is 5.32 Å². The molecule has 92 valence electrons. The van der Waals surface area contributed by atoms with E-state index in [9.17, 15) is 10.1 Å². The van der Waals surface area contributed by atoms with Gasteiger partial charge in [0.05, 0.1) is 12.0 Å². The third-order valence-corrected chi connectivity index (χ3v) is 2.97. The van der Waals surface area contributed by atoms with Gasteiger partial charge in [0.1, 0.15) is 5.69 Å². The van der Waals surface area contributed by atoms with Crippen LogP contribution in [0, 0.1) is 16.0 Å². The number of hydrogen-bond donors (Lipinski definition) is 1. The molecule has 5 nitrogen and oxygen atoms in total. The fourth-order valence-corrected chi connectivity index (χ4v) is 1.84. The lowest BCUT2D eigenvalue weighted by molar-refractivity contribution is -0.384. The zero-order valence-corrected chi connectivity index (χ0v) is 9.81. The highest BCUT2D eigenvalue weighted by Gasteiger charge is 2.22. The van der Waals surface area contributed by atoms with Crippen molar-refractivity contribution >= 4 is 11.4 Å². The predicted octanol–water partition coefficient (Wildman–Crippen LogP) is 2.82. The van der Waals surface area contributed by atoms with E-state index < -0.39 is 4.92 Å². The maximum atomic E-state index is 11.0. The van der Waals surface area contributed by atoms with Crippen LogP contribution >= 0.6 is 0 Å². The van der Waals surface area contributed by atoms with E-state index in [1.807, 2.05) is 0 Å². The summed E-state index contributed by atoms with van der Waals surface area (Å²) in [5, 5.41) is 14.1. The quantitative estimate of drug-likeness (QED) is 0.609. The van der Waals surface area contributed by atoms with E-state index in [4.69, 9.17) is 4.74 Å². The van der Waals surface area contributed by atoms with E-state index in [1.54, 1.807) is 18.2 Å². The van der Waals surface area contributed by atoms with Crippen molar-refractivity contribution in [3.05, 3.63) is 28.3 Å². The van der Waals surface area contributed by atoms with Crippen molar-refractivity contribution in [2.75, 3.05) is 19.0 Å². The monoisotopic (exact) mass is 236 g/mol. The Kier molecular flexibility index (Phi) is 3.46. The highest BCUT2D eigenvalue weighted by molar-refractivity contribution is 5.68. The Morgan fingerprint density at radius 3 is 2.88 bits per heavy atom. The van der Waals surface area contributed by atoms with Gasteiger partial charge in [0.25, 0.3) is 0 Å². The second-order valence-corrected chi connectivity index (χ2v) is 4.27. The summed E-state index contributed by atoms with van der Waals surface area (Å²) in [5.74, 6) is 1.11. The summed E-state index contributed by atoms with van der Waals surface area (Å²) in [6.07, 6.45) is 3.66. The SMILES string of the molecule is COc1cccc(NCCC2CC2)c1[N+](=O)[O-]. The van der Waals surface area contributed by atoms with E-state index in [0.717, 1.165) is 18.9 Å². The molecule has 1 aliphatic rings. The van der Waals surface area contributed by atoms with Crippen molar-refractivity contribution in [3.63, 3.8) is 0 Å². The van der Waals surface area contributed by atoms with Gasteiger partial charge in [-0.15, -0.1) is 0 Å². The lowest BCUT2D eigenvalue weighted by atomic mass is 10.2. The molecule has 0 aliphatic heterocycles. The zero-order chi connectivity index (χ0) is 12.3. The van der Waals surface area contributed by atoms with Crippen molar-refractivity contribution < 1.29 is 9.66 Å². The Morgan fingerprint density at radius 2 is 2.29 bits per heavy atom. The van der Waals surface area contributed by atoms with Gasteiger partial charge < -0.3 is 10.1 Å². The van der Waals surface area contributed by atoms with Crippen LogP contribution in [-0.2, 0) is 0 Å². The molecule has 0 unspecified atom stereocenters. The summed E-state index contributed by atoms with van der Waals surface area (Å²) in [6.45, 7) is 0.776. The molecule has 2 rings (SSSR count). The number of para-hydroxylation sites is 1. The van der Waals surface area contributed by atoms with E-state index in [-0.39, 0.29) is 5.69 Å². The van der Waals surface area contributed by atoms with Crippen molar-refractivity contribution in [1.29, 1.82) is 0 Å². The molecule has 0 spiro atoms. The van der Waals surface area contributed by atoms with Gasteiger partial charge in [-0.1, -0.05) is 18.9 Å². The fraction of sp³-hybridized carbons (Fsp3) is 0.500. The molecule has 0 heterocycles. The Bertz CT molecular complexity index is 416. The average molecular weight is 236 g/mol. The van der Waals surface area contributed by atoms with Crippen LogP contribution in [0.15, 0.2) is 18.2 Å². The first-order valence-corrected chi connectivity index (χ1v) is 5.77. The Morgan fingerprint density at radius 1 is 1.53 bits per heavy atom. The van der Waals surface area contributed by atoms with Gasteiger partial charge in [-0.05, 0) is 24.5 Å². The standard InChI is InChI=1S/C12H16N2O3/c1-17-11-4-2-3-10(12(11)14(15)16)13-8-7-9-5-6-9/h2-4,9,13H,5-8H2,1H3. The first kappa shape index (κ1) is 11.7. The summed E-state index contributed by atoms with van der Waals surface area (Å²) in [6, 6.07) is 5.07. The maximum Gasteiger partial charge on any atom is 0.333 e. The van der Waals surface area contributed by atoms with Crippen molar-refractivity contribution in [1.82, 2.24) is 0 Å². The van der Waals surface area contributed by atoms with Crippen LogP contribution in [0.2, 0.25) is 0 Å².